The van der Waals surface area contributed by atoms with E-state index in [1.165, 1.54) is 12.1 Å². The summed E-state index contributed by atoms with van der Waals surface area (Å²) in [4.78, 5) is 11.9. The first-order valence-corrected chi connectivity index (χ1v) is 6.35. The molecule has 1 amide bonds. The average molecular weight is 273 g/mol. The van der Waals surface area contributed by atoms with Gasteiger partial charge in [0, 0.05) is 6.54 Å². The van der Waals surface area contributed by atoms with Crippen molar-refractivity contribution in [1.82, 2.24) is 5.32 Å². The predicted octanol–water partition coefficient (Wildman–Crippen LogP) is 2.60. The topological polar surface area (TPSA) is 49.3 Å². The number of carbonyl (C=O) groups is 1. The van der Waals surface area contributed by atoms with Crippen LogP contribution in [0.5, 0.6) is 0 Å². The number of aryl methyl sites for hydroxylation is 1. The van der Waals surface area contributed by atoms with E-state index in [9.17, 15) is 14.3 Å². The number of halogens is 1. The third kappa shape index (κ3) is 3.42. The van der Waals surface area contributed by atoms with Crippen molar-refractivity contribution >= 4 is 5.91 Å². The fraction of sp³-hybridized carbons (Fsp3) is 0.188. The Labute approximate surface area is 117 Å². The van der Waals surface area contributed by atoms with Crippen LogP contribution in [0.25, 0.3) is 0 Å². The van der Waals surface area contributed by atoms with Crippen molar-refractivity contribution in [2.45, 2.75) is 13.0 Å². The Bertz CT molecular complexity index is 599. The molecule has 0 aliphatic carbocycles. The van der Waals surface area contributed by atoms with Gasteiger partial charge in [-0.1, -0.05) is 36.4 Å². The van der Waals surface area contributed by atoms with Gasteiger partial charge in [0.15, 0.2) is 0 Å². The van der Waals surface area contributed by atoms with Crippen LogP contribution in [0.1, 0.15) is 27.6 Å². The number of hydrogen-bond acceptors (Lipinski definition) is 2. The van der Waals surface area contributed by atoms with Crippen LogP contribution in [0.3, 0.4) is 0 Å². The number of nitrogens with one attached hydrogen (secondary N) is 1. The van der Waals surface area contributed by atoms with Crippen molar-refractivity contribution in [3.63, 3.8) is 0 Å². The summed E-state index contributed by atoms with van der Waals surface area (Å²) in [6.07, 6.45) is -0.811. The number of aliphatic hydroxyl groups excluding tert-OH is 1. The first-order chi connectivity index (χ1) is 9.58. The fourth-order valence-electron chi connectivity index (χ4n) is 1.88. The summed E-state index contributed by atoms with van der Waals surface area (Å²) in [5.41, 5.74) is 1.44. The molecule has 104 valence electrons. The minimum atomic E-state index is -0.811. The molecule has 2 N–H and O–H groups in total. The molecule has 0 aliphatic rings. The molecule has 0 fully saturated rings. The first-order valence-electron chi connectivity index (χ1n) is 6.35. The Balaban J connectivity index is 1.99. The molecule has 1 unspecified atom stereocenters. The van der Waals surface area contributed by atoms with E-state index in [4.69, 9.17) is 0 Å². The van der Waals surface area contributed by atoms with Crippen LogP contribution in [-0.4, -0.2) is 17.6 Å². The number of benzene rings is 2. The van der Waals surface area contributed by atoms with Crippen molar-refractivity contribution < 1.29 is 14.3 Å². The molecule has 0 saturated carbocycles. The number of rotatable bonds is 4. The Morgan fingerprint density at radius 2 is 1.95 bits per heavy atom. The zero-order chi connectivity index (χ0) is 14.5. The lowest BCUT2D eigenvalue weighted by atomic mass is 10.1. The zero-order valence-corrected chi connectivity index (χ0v) is 11.1. The molecule has 0 bridgehead atoms. The van der Waals surface area contributed by atoms with E-state index in [0.717, 1.165) is 5.56 Å². The SMILES string of the molecule is Cc1ccc(C(=O)NCC(O)c2ccccc2)c(F)c1. The Morgan fingerprint density at radius 1 is 1.25 bits per heavy atom. The first kappa shape index (κ1) is 14.2. The van der Waals surface area contributed by atoms with Gasteiger partial charge in [-0.05, 0) is 30.2 Å². The van der Waals surface area contributed by atoms with Crippen molar-refractivity contribution in [2.24, 2.45) is 0 Å². The van der Waals surface area contributed by atoms with E-state index in [1.807, 2.05) is 6.07 Å². The maximum atomic E-state index is 13.6. The molecule has 0 radical (unpaired) electrons. The summed E-state index contributed by atoms with van der Waals surface area (Å²) in [7, 11) is 0. The molecule has 4 heteroatoms. The molecule has 0 aromatic heterocycles. The lowest BCUT2D eigenvalue weighted by Gasteiger charge is -2.12. The van der Waals surface area contributed by atoms with E-state index in [-0.39, 0.29) is 12.1 Å². The van der Waals surface area contributed by atoms with Gasteiger partial charge in [-0.2, -0.15) is 0 Å². The second kappa shape index (κ2) is 6.30. The van der Waals surface area contributed by atoms with Crippen LogP contribution in [-0.2, 0) is 0 Å². The summed E-state index contributed by atoms with van der Waals surface area (Å²) in [6, 6.07) is 13.4. The minimum absolute atomic E-state index is 0.0177. The highest BCUT2D eigenvalue weighted by atomic mass is 19.1. The Hall–Kier alpha value is -2.20. The van der Waals surface area contributed by atoms with Gasteiger partial charge >= 0.3 is 0 Å². The lowest BCUT2D eigenvalue weighted by Crippen LogP contribution is -2.29. The van der Waals surface area contributed by atoms with Gasteiger partial charge in [0.05, 0.1) is 11.7 Å². The van der Waals surface area contributed by atoms with Crippen molar-refractivity contribution in [1.29, 1.82) is 0 Å². The summed E-state index contributed by atoms with van der Waals surface area (Å²) in [5.74, 6) is -1.09. The van der Waals surface area contributed by atoms with Gasteiger partial charge < -0.3 is 10.4 Å². The number of hydrogen-bond donors (Lipinski definition) is 2. The van der Waals surface area contributed by atoms with E-state index in [0.29, 0.717) is 5.56 Å². The van der Waals surface area contributed by atoms with E-state index in [1.54, 1.807) is 37.3 Å². The van der Waals surface area contributed by atoms with Crippen molar-refractivity contribution in [3.05, 3.63) is 71.0 Å². The molecule has 0 spiro atoms. The van der Waals surface area contributed by atoms with Crippen LogP contribution >= 0.6 is 0 Å². The van der Waals surface area contributed by atoms with Gasteiger partial charge in [0.1, 0.15) is 5.82 Å². The van der Waals surface area contributed by atoms with E-state index < -0.39 is 17.8 Å². The van der Waals surface area contributed by atoms with Gasteiger partial charge in [-0.25, -0.2) is 4.39 Å². The van der Waals surface area contributed by atoms with Crippen molar-refractivity contribution in [2.75, 3.05) is 6.54 Å². The zero-order valence-electron chi connectivity index (χ0n) is 11.1. The second-order valence-electron chi connectivity index (χ2n) is 4.62. The minimum Gasteiger partial charge on any atom is -0.387 e. The molecule has 2 aromatic carbocycles. The predicted molar refractivity (Wildman–Crippen MR) is 74.9 cm³/mol. The van der Waals surface area contributed by atoms with E-state index >= 15 is 0 Å². The summed E-state index contributed by atoms with van der Waals surface area (Å²) >= 11 is 0. The van der Waals surface area contributed by atoms with Gasteiger partial charge in [-0.15, -0.1) is 0 Å². The Morgan fingerprint density at radius 3 is 2.60 bits per heavy atom. The van der Waals surface area contributed by atoms with Crippen LogP contribution in [0.4, 0.5) is 4.39 Å². The number of aliphatic hydroxyl groups is 1. The Kier molecular flexibility index (Phi) is 4.48. The highest BCUT2D eigenvalue weighted by Gasteiger charge is 2.13. The molecule has 2 aromatic rings. The highest BCUT2D eigenvalue weighted by Crippen LogP contribution is 2.12. The molecule has 0 saturated heterocycles. The molecule has 2 rings (SSSR count). The quantitative estimate of drug-likeness (QED) is 0.899. The third-order valence-corrected chi connectivity index (χ3v) is 3.01. The molecular weight excluding hydrogens is 257 g/mol. The van der Waals surface area contributed by atoms with Gasteiger partial charge in [0.2, 0.25) is 0 Å². The standard InChI is InChI=1S/C16H16FNO2/c1-11-7-8-13(14(17)9-11)16(20)18-10-15(19)12-5-3-2-4-6-12/h2-9,15,19H,10H2,1H3,(H,18,20). The van der Waals surface area contributed by atoms with Crippen LogP contribution in [0.15, 0.2) is 48.5 Å². The third-order valence-electron chi connectivity index (χ3n) is 3.01. The normalized spacial score (nSPS) is 11.9. The largest absolute Gasteiger partial charge is 0.387 e. The molecule has 0 aliphatic heterocycles. The van der Waals surface area contributed by atoms with Crippen molar-refractivity contribution in [3.8, 4) is 0 Å². The van der Waals surface area contributed by atoms with Gasteiger partial charge in [0.25, 0.3) is 5.91 Å². The summed E-state index contributed by atoms with van der Waals surface area (Å²) in [5, 5.41) is 12.4. The molecule has 0 heterocycles. The maximum absolute atomic E-state index is 13.6. The van der Waals surface area contributed by atoms with Crippen LogP contribution in [0, 0.1) is 12.7 Å². The molecule has 3 nitrogen and oxygen atoms in total. The molecule has 20 heavy (non-hydrogen) atoms. The lowest BCUT2D eigenvalue weighted by molar-refractivity contribution is 0.0912. The number of carbonyl (C=O) groups excluding carboxylic acids is 1. The fourth-order valence-corrected chi connectivity index (χ4v) is 1.88. The maximum Gasteiger partial charge on any atom is 0.254 e. The average Bonchev–Trinajstić information content (AvgIpc) is 2.45. The summed E-state index contributed by atoms with van der Waals surface area (Å²) < 4.78 is 13.6. The molecular formula is C16H16FNO2. The number of amides is 1. The smallest absolute Gasteiger partial charge is 0.254 e. The van der Waals surface area contributed by atoms with Crippen LogP contribution in [0.2, 0.25) is 0 Å². The van der Waals surface area contributed by atoms with E-state index in [2.05, 4.69) is 5.32 Å². The van der Waals surface area contributed by atoms with Crippen LogP contribution < -0.4 is 5.32 Å². The summed E-state index contributed by atoms with van der Waals surface area (Å²) in [6.45, 7) is 1.79. The second-order valence-corrected chi connectivity index (χ2v) is 4.62. The molecule has 1 atom stereocenters. The van der Waals surface area contributed by atoms with Gasteiger partial charge in [-0.3, -0.25) is 4.79 Å². The monoisotopic (exact) mass is 273 g/mol. The highest BCUT2D eigenvalue weighted by molar-refractivity contribution is 5.94.